The van der Waals surface area contributed by atoms with Crippen LogP contribution in [-0.2, 0) is 16.0 Å². The van der Waals surface area contributed by atoms with Gasteiger partial charge in [0.05, 0.1) is 12.5 Å². The van der Waals surface area contributed by atoms with Crippen LogP contribution in [0.5, 0.6) is 0 Å². The van der Waals surface area contributed by atoms with E-state index in [1.54, 1.807) is 0 Å². The summed E-state index contributed by atoms with van der Waals surface area (Å²) in [4.78, 5) is 22.4. The minimum Gasteiger partial charge on any atom is -0.305 e. The molecule has 1 heterocycles. The SMILES string of the molecule is O=C1CC(NCC2Cc3ccccc32)C(=O)N1. The zero-order chi connectivity index (χ0) is 11.8. The van der Waals surface area contributed by atoms with E-state index in [1.807, 2.05) is 12.1 Å². The molecule has 1 saturated heterocycles. The zero-order valence-electron chi connectivity index (χ0n) is 9.40. The second kappa shape index (κ2) is 3.96. The highest BCUT2D eigenvalue weighted by Crippen LogP contribution is 2.34. The Kier molecular flexibility index (Phi) is 2.44. The smallest absolute Gasteiger partial charge is 0.244 e. The van der Waals surface area contributed by atoms with Crippen LogP contribution >= 0.6 is 0 Å². The van der Waals surface area contributed by atoms with Gasteiger partial charge in [-0.3, -0.25) is 14.9 Å². The Labute approximate surface area is 99.4 Å². The molecule has 0 radical (unpaired) electrons. The van der Waals surface area contributed by atoms with Gasteiger partial charge in [0.25, 0.3) is 0 Å². The number of hydrogen-bond acceptors (Lipinski definition) is 3. The number of hydrogen-bond donors (Lipinski definition) is 2. The molecule has 0 spiro atoms. The van der Waals surface area contributed by atoms with Gasteiger partial charge in [-0.25, -0.2) is 0 Å². The summed E-state index contributed by atoms with van der Waals surface area (Å²) in [6.07, 6.45) is 1.33. The van der Waals surface area contributed by atoms with Crippen molar-refractivity contribution in [2.45, 2.75) is 24.8 Å². The van der Waals surface area contributed by atoms with Crippen LogP contribution in [0.3, 0.4) is 0 Å². The average molecular weight is 230 g/mol. The van der Waals surface area contributed by atoms with E-state index in [0.29, 0.717) is 5.92 Å². The highest BCUT2D eigenvalue weighted by Gasteiger charge is 2.32. The van der Waals surface area contributed by atoms with E-state index >= 15 is 0 Å². The molecule has 88 valence electrons. The van der Waals surface area contributed by atoms with Crippen molar-refractivity contribution in [2.75, 3.05) is 6.54 Å². The minimum absolute atomic E-state index is 0.179. The van der Waals surface area contributed by atoms with Gasteiger partial charge in [0.1, 0.15) is 0 Å². The molecule has 2 N–H and O–H groups in total. The lowest BCUT2D eigenvalue weighted by Crippen LogP contribution is -2.40. The molecule has 3 rings (SSSR count). The Bertz CT molecular complexity index is 484. The highest BCUT2D eigenvalue weighted by molar-refractivity contribution is 6.05. The molecule has 2 unspecified atom stereocenters. The quantitative estimate of drug-likeness (QED) is 0.736. The fraction of sp³-hybridized carbons (Fsp3) is 0.385. The van der Waals surface area contributed by atoms with Crippen molar-refractivity contribution in [1.29, 1.82) is 0 Å². The maximum atomic E-state index is 11.4. The monoisotopic (exact) mass is 230 g/mol. The largest absolute Gasteiger partial charge is 0.305 e. The first-order chi connectivity index (χ1) is 8.24. The van der Waals surface area contributed by atoms with Gasteiger partial charge in [0, 0.05) is 12.5 Å². The van der Waals surface area contributed by atoms with Crippen molar-refractivity contribution in [2.24, 2.45) is 0 Å². The number of carbonyl (C=O) groups is 2. The number of amides is 2. The Morgan fingerprint density at radius 3 is 2.76 bits per heavy atom. The molecule has 2 amide bonds. The molecule has 4 nitrogen and oxygen atoms in total. The number of fused-ring (bicyclic) bond motifs is 1. The van der Waals surface area contributed by atoms with Crippen LogP contribution in [0, 0.1) is 0 Å². The standard InChI is InChI=1S/C13H14N2O2/c16-12-6-11(13(17)15-12)14-7-9-5-8-3-1-2-4-10(8)9/h1-4,9,11,14H,5-7H2,(H,15,16,17). The van der Waals surface area contributed by atoms with E-state index in [1.165, 1.54) is 11.1 Å². The lowest BCUT2D eigenvalue weighted by molar-refractivity contribution is -0.125. The first kappa shape index (κ1) is 10.5. The van der Waals surface area contributed by atoms with E-state index < -0.39 is 0 Å². The van der Waals surface area contributed by atoms with Gasteiger partial charge in [-0.2, -0.15) is 0 Å². The summed E-state index contributed by atoms with van der Waals surface area (Å²) in [6, 6.07) is 8.01. The third-order valence-electron chi connectivity index (χ3n) is 3.54. The molecule has 0 bridgehead atoms. The number of imide groups is 1. The summed E-state index contributed by atoms with van der Waals surface area (Å²) in [5, 5.41) is 5.48. The normalized spacial score (nSPS) is 26.4. The second-order valence-corrected chi connectivity index (χ2v) is 4.68. The number of nitrogens with one attached hydrogen (secondary N) is 2. The van der Waals surface area contributed by atoms with E-state index in [9.17, 15) is 9.59 Å². The molecule has 0 saturated carbocycles. The Hall–Kier alpha value is -1.68. The van der Waals surface area contributed by atoms with Crippen LogP contribution in [0.15, 0.2) is 24.3 Å². The maximum Gasteiger partial charge on any atom is 0.244 e. The van der Waals surface area contributed by atoms with Crippen LogP contribution in [0.25, 0.3) is 0 Å². The molecule has 4 heteroatoms. The van der Waals surface area contributed by atoms with Gasteiger partial charge in [-0.15, -0.1) is 0 Å². The van der Waals surface area contributed by atoms with Gasteiger partial charge in [0.15, 0.2) is 0 Å². The predicted octanol–water partition coefficient (Wildman–Crippen LogP) is 0.331. The van der Waals surface area contributed by atoms with Gasteiger partial charge in [-0.05, 0) is 17.5 Å². The first-order valence-corrected chi connectivity index (χ1v) is 5.89. The fourth-order valence-corrected chi connectivity index (χ4v) is 2.55. The lowest BCUT2D eigenvalue weighted by Gasteiger charge is -2.30. The van der Waals surface area contributed by atoms with Crippen molar-refractivity contribution in [3.8, 4) is 0 Å². The maximum absolute atomic E-state index is 11.4. The van der Waals surface area contributed by atoms with Crippen molar-refractivity contribution < 1.29 is 9.59 Å². The summed E-state index contributed by atoms with van der Waals surface area (Å²) < 4.78 is 0. The summed E-state index contributed by atoms with van der Waals surface area (Å²) >= 11 is 0. The van der Waals surface area contributed by atoms with Crippen LogP contribution in [0.2, 0.25) is 0 Å². The molecule has 2 atom stereocenters. The fourth-order valence-electron chi connectivity index (χ4n) is 2.55. The van der Waals surface area contributed by atoms with Gasteiger partial charge >= 0.3 is 0 Å². The minimum atomic E-state index is -0.338. The molecule has 2 aliphatic rings. The third-order valence-corrected chi connectivity index (χ3v) is 3.54. The Balaban J connectivity index is 1.57. The van der Waals surface area contributed by atoms with Gasteiger partial charge < -0.3 is 5.32 Å². The van der Waals surface area contributed by atoms with Crippen molar-refractivity contribution in [3.63, 3.8) is 0 Å². The van der Waals surface area contributed by atoms with E-state index in [0.717, 1.165) is 13.0 Å². The van der Waals surface area contributed by atoms with Crippen LogP contribution < -0.4 is 10.6 Å². The lowest BCUT2D eigenvalue weighted by atomic mass is 9.77. The second-order valence-electron chi connectivity index (χ2n) is 4.68. The van der Waals surface area contributed by atoms with E-state index in [-0.39, 0.29) is 24.3 Å². The molecule has 1 aromatic carbocycles. The van der Waals surface area contributed by atoms with Crippen LogP contribution in [0.4, 0.5) is 0 Å². The highest BCUT2D eigenvalue weighted by atomic mass is 16.2. The predicted molar refractivity (Wildman–Crippen MR) is 62.4 cm³/mol. The van der Waals surface area contributed by atoms with Crippen molar-refractivity contribution >= 4 is 11.8 Å². The molecule has 1 fully saturated rings. The van der Waals surface area contributed by atoms with Crippen molar-refractivity contribution in [3.05, 3.63) is 35.4 Å². The number of rotatable bonds is 3. The summed E-state index contributed by atoms with van der Waals surface area (Å²) in [6.45, 7) is 0.766. The molecule has 17 heavy (non-hydrogen) atoms. The topological polar surface area (TPSA) is 58.2 Å². The summed E-state index contributed by atoms with van der Waals surface area (Å²) in [5.41, 5.74) is 2.76. The average Bonchev–Trinajstić information content (AvgIpc) is 2.59. The Morgan fingerprint density at radius 2 is 2.06 bits per heavy atom. The first-order valence-electron chi connectivity index (χ1n) is 5.89. The zero-order valence-corrected chi connectivity index (χ0v) is 9.40. The molecule has 1 aliphatic heterocycles. The van der Waals surface area contributed by atoms with Crippen LogP contribution in [-0.4, -0.2) is 24.4 Å². The third kappa shape index (κ3) is 1.85. The molecule has 1 aliphatic carbocycles. The van der Waals surface area contributed by atoms with Gasteiger partial charge in [-0.1, -0.05) is 24.3 Å². The molecular formula is C13H14N2O2. The van der Waals surface area contributed by atoms with E-state index in [4.69, 9.17) is 0 Å². The Morgan fingerprint density at radius 1 is 1.24 bits per heavy atom. The van der Waals surface area contributed by atoms with Crippen molar-refractivity contribution in [1.82, 2.24) is 10.6 Å². The summed E-state index contributed by atoms with van der Waals surface area (Å²) in [5.74, 6) is 0.110. The summed E-state index contributed by atoms with van der Waals surface area (Å²) in [7, 11) is 0. The number of benzene rings is 1. The molecular weight excluding hydrogens is 216 g/mol. The van der Waals surface area contributed by atoms with Crippen LogP contribution in [0.1, 0.15) is 23.5 Å². The molecule has 1 aromatic rings. The van der Waals surface area contributed by atoms with E-state index in [2.05, 4.69) is 22.8 Å². The molecule has 0 aromatic heterocycles. The van der Waals surface area contributed by atoms with Gasteiger partial charge in [0.2, 0.25) is 11.8 Å². The number of carbonyl (C=O) groups excluding carboxylic acids is 2.